The van der Waals surface area contributed by atoms with Gasteiger partial charge in [-0.3, -0.25) is 14.5 Å². The van der Waals surface area contributed by atoms with Gasteiger partial charge in [0.1, 0.15) is 12.4 Å². The maximum atomic E-state index is 12.2. The number of ether oxygens (including phenoxy) is 1. The van der Waals surface area contributed by atoms with Gasteiger partial charge in [-0.1, -0.05) is 18.2 Å². The minimum Gasteiger partial charge on any atom is -0.489 e. The van der Waals surface area contributed by atoms with Crippen molar-refractivity contribution in [1.29, 1.82) is 0 Å². The molecule has 134 valence electrons. The summed E-state index contributed by atoms with van der Waals surface area (Å²) in [6.07, 6.45) is 2.17. The van der Waals surface area contributed by atoms with Crippen LogP contribution in [0.3, 0.4) is 0 Å². The Labute approximate surface area is 148 Å². The molecule has 0 aromatic heterocycles. The lowest BCUT2D eigenvalue weighted by Crippen LogP contribution is -2.41. The van der Waals surface area contributed by atoms with Gasteiger partial charge in [-0.05, 0) is 17.7 Å². The highest BCUT2D eigenvalue weighted by molar-refractivity contribution is 5.80. The maximum Gasteiger partial charge on any atom is 0.225 e. The van der Waals surface area contributed by atoms with E-state index in [9.17, 15) is 9.59 Å². The van der Waals surface area contributed by atoms with Gasteiger partial charge in [0.15, 0.2) is 0 Å². The Morgan fingerprint density at radius 2 is 2.04 bits per heavy atom. The molecular formula is C19H25N3O3. The predicted molar refractivity (Wildman–Crippen MR) is 96.2 cm³/mol. The molecule has 2 aliphatic rings. The van der Waals surface area contributed by atoms with Crippen LogP contribution >= 0.6 is 0 Å². The molecule has 1 aromatic rings. The van der Waals surface area contributed by atoms with Crippen LogP contribution in [0.2, 0.25) is 0 Å². The van der Waals surface area contributed by atoms with E-state index in [4.69, 9.17) is 4.74 Å². The summed E-state index contributed by atoms with van der Waals surface area (Å²) in [5, 5.41) is 2.72. The number of nitrogens with zero attached hydrogens (tertiary/aromatic N) is 2. The summed E-state index contributed by atoms with van der Waals surface area (Å²) < 4.78 is 5.82. The fourth-order valence-corrected chi connectivity index (χ4v) is 3.42. The molecule has 1 aromatic carbocycles. The molecule has 0 saturated carbocycles. The van der Waals surface area contributed by atoms with E-state index in [0.717, 1.165) is 24.4 Å². The first-order valence-corrected chi connectivity index (χ1v) is 8.67. The Bertz CT molecular complexity index is 686. The Hall–Kier alpha value is -2.34. The summed E-state index contributed by atoms with van der Waals surface area (Å²) in [5.41, 5.74) is 2.28. The van der Waals surface area contributed by atoms with Gasteiger partial charge in [0.25, 0.3) is 0 Å². The molecule has 2 amide bonds. The van der Waals surface area contributed by atoms with Gasteiger partial charge >= 0.3 is 0 Å². The monoisotopic (exact) mass is 343 g/mol. The van der Waals surface area contributed by atoms with Crippen LogP contribution in [0.5, 0.6) is 5.75 Å². The van der Waals surface area contributed by atoms with E-state index >= 15 is 0 Å². The van der Waals surface area contributed by atoms with E-state index < -0.39 is 0 Å². The second-order valence-electron chi connectivity index (χ2n) is 6.64. The fraction of sp³-hybridized carbons (Fsp3) is 0.474. The zero-order chi connectivity index (χ0) is 17.8. The van der Waals surface area contributed by atoms with E-state index in [0.29, 0.717) is 26.2 Å². The van der Waals surface area contributed by atoms with Crippen molar-refractivity contribution in [3.8, 4) is 5.75 Å². The van der Waals surface area contributed by atoms with Gasteiger partial charge < -0.3 is 15.0 Å². The van der Waals surface area contributed by atoms with Gasteiger partial charge in [-0.15, -0.1) is 0 Å². The molecule has 0 unspecified atom stereocenters. The quantitative estimate of drug-likeness (QED) is 0.889. The molecule has 1 atom stereocenters. The highest BCUT2D eigenvalue weighted by atomic mass is 16.5. The molecule has 1 fully saturated rings. The molecule has 0 spiro atoms. The Morgan fingerprint density at radius 3 is 2.80 bits per heavy atom. The van der Waals surface area contributed by atoms with Crippen molar-refractivity contribution in [2.24, 2.45) is 5.92 Å². The fourth-order valence-electron chi connectivity index (χ4n) is 3.42. The van der Waals surface area contributed by atoms with Gasteiger partial charge in [-0.25, -0.2) is 0 Å². The van der Waals surface area contributed by atoms with Gasteiger partial charge in [0, 0.05) is 52.3 Å². The molecule has 25 heavy (non-hydrogen) atoms. The van der Waals surface area contributed by atoms with Gasteiger partial charge in [0.2, 0.25) is 11.8 Å². The lowest BCUT2D eigenvalue weighted by Gasteiger charge is -2.26. The molecular weight excluding hydrogens is 318 g/mol. The van der Waals surface area contributed by atoms with Crippen molar-refractivity contribution < 1.29 is 14.3 Å². The highest BCUT2D eigenvalue weighted by Crippen LogP contribution is 2.26. The normalized spacial score (nSPS) is 20.8. The van der Waals surface area contributed by atoms with Crippen LogP contribution in [0.25, 0.3) is 6.08 Å². The van der Waals surface area contributed by atoms with E-state index in [2.05, 4.69) is 16.3 Å². The molecule has 2 aliphatic heterocycles. The third-order valence-corrected chi connectivity index (χ3v) is 4.79. The van der Waals surface area contributed by atoms with Crippen molar-refractivity contribution in [2.75, 3.05) is 46.4 Å². The van der Waals surface area contributed by atoms with Gasteiger partial charge in [-0.2, -0.15) is 0 Å². The number of carbonyl (C=O) groups excluding carboxylic acids is 2. The maximum absolute atomic E-state index is 12.2. The average Bonchev–Trinajstić information content (AvgIpc) is 2.84. The van der Waals surface area contributed by atoms with Crippen molar-refractivity contribution in [1.82, 2.24) is 15.1 Å². The minimum absolute atomic E-state index is 0.0163. The van der Waals surface area contributed by atoms with E-state index in [1.54, 1.807) is 18.9 Å². The smallest absolute Gasteiger partial charge is 0.225 e. The number of amides is 2. The zero-order valence-electron chi connectivity index (χ0n) is 14.8. The van der Waals surface area contributed by atoms with Crippen LogP contribution in [0.4, 0.5) is 0 Å². The first-order valence-electron chi connectivity index (χ1n) is 8.67. The van der Waals surface area contributed by atoms with Crippen LogP contribution in [0.15, 0.2) is 29.8 Å². The number of hydrogen-bond donors (Lipinski definition) is 1. The van der Waals surface area contributed by atoms with Crippen molar-refractivity contribution in [3.05, 3.63) is 35.4 Å². The molecule has 6 nitrogen and oxygen atoms in total. The summed E-state index contributed by atoms with van der Waals surface area (Å²) in [4.78, 5) is 28.0. The second kappa shape index (κ2) is 7.70. The van der Waals surface area contributed by atoms with Crippen molar-refractivity contribution in [2.45, 2.75) is 6.92 Å². The first kappa shape index (κ1) is 17.5. The standard InChI is InChI=1S/C19H25N3O3/c1-14(23)22-8-7-21(11-17(12-22)19(24)20-2)10-15-9-16-5-3-4-6-18(16)25-13-15/h3-6,9,17H,7-8,10-13H2,1-2H3,(H,20,24)/t17-/m1/s1. The Morgan fingerprint density at radius 1 is 1.24 bits per heavy atom. The summed E-state index contributed by atoms with van der Waals surface area (Å²) in [7, 11) is 1.64. The number of benzene rings is 1. The predicted octanol–water partition coefficient (Wildman–Crippen LogP) is 0.989. The van der Waals surface area contributed by atoms with Crippen LogP contribution in [-0.4, -0.2) is 68.0 Å². The SMILES string of the molecule is CNC(=O)[C@@H]1CN(CC2=Cc3ccccc3OC2)CCN(C(C)=O)C1. The third kappa shape index (κ3) is 4.20. The lowest BCUT2D eigenvalue weighted by molar-refractivity contribution is -0.130. The Kier molecular flexibility index (Phi) is 5.38. The molecule has 3 rings (SSSR count). The van der Waals surface area contributed by atoms with Crippen LogP contribution in [0.1, 0.15) is 12.5 Å². The van der Waals surface area contributed by atoms with Crippen LogP contribution < -0.4 is 10.1 Å². The number of rotatable bonds is 3. The summed E-state index contributed by atoms with van der Waals surface area (Å²) in [6.45, 7) is 5.39. The number of carbonyl (C=O) groups is 2. The molecule has 0 aliphatic carbocycles. The first-order chi connectivity index (χ1) is 12.1. The van der Waals surface area contributed by atoms with Crippen LogP contribution in [-0.2, 0) is 9.59 Å². The van der Waals surface area contributed by atoms with Crippen molar-refractivity contribution >= 4 is 17.9 Å². The van der Waals surface area contributed by atoms with Gasteiger partial charge in [0.05, 0.1) is 5.92 Å². The molecule has 1 saturated heterocycles. The molecule has 2 heterocycles. The lowest BCUT2D eigenvalue weighted by atomic mass is 10.1. The summed E-state index contributed by atoms with van der Waals surface area (Å²) in [5.74, 6) is 0.698. The molecule has 0 radical (unpaired) electrons. The summed E-state index contributed by atoms with van der Waals surface area (Å²) >= 11 is 0. The molecule has 6 heteroatoms. The van der Waals surface area contributed by atoms with E-state index in [1.807, 2.05) is 24.3 Å². The largest absolute Gasteiger partial charge is 0.489 e. The highest BCUT2D eigenvalue weighted by Gasteiger charge is 2.29. The van der Waals surface area contributed by atoms with E-state index in [-0.39, 0.29) is 17.7 Å². The number of hydrogen-bond acceptors (Lipinski definition) is 4. The third-order valence-electron chi connectivity index (χ3n) is 4.79. The number of fused-ring (bicyclic) bond motifs is 1. The number of nitrogens with one attached hydrogen (secondary N) is 1. The van der Waals surface area contributed by atoms with Crippen molar-refractivity contribution in [3.63, 3.8) is 0 Å². The second-order valence-corrected chi connectivity index (χ2v) is 6.64. The number of para-hydroxylation sites is 1. The topological polar surface area (TPSA) is 61.9 Å². The average molecular weight is 343 g/mol. The minimum atomic E-state index is -0.214. The zero-order valence-corrected chi connectivity index (χ0v) is 14.8. The molecule has 1 N–H and O–H groups in total. The van der Waals surface area contributed by atoms with Crippen LogP contribution in [0, 0.1) is 5.92 Å². The Balaban J connectivity index is 1.72. The summed E-state index contributed by atoms with van der Waals surface area (Å²) in [6, 6.07) is 7.99. The van der Waals surface area contributed by atoms with E-state index in [1.165, 1.54) is 5.57 Å². The molecule has 0 bridgehead atoms.